The molecule has 1 saturated carbocycles. The van der Waals surface area contributed by atoms with Crippen LogP contribution in [0.1, 0.15) is 16.8 Å². The number of carbonyl (C=O) groups excluding carboxylic acids is 3. The molecule has 2 aliphatic carbocycles. The molecule has 2 aromatic rings. The molecule has 1 heterocycles. The zero-order valence-electron chi connectivity index (χ0n) is 17.2. The molecule has 158 valence electrons. The average Bonchev–Trinajstić information content (AvgIpc) is 3.47. The van der Waals surface area contributed by atoms with Crippen molar-refractivity contribution < 1.29 is 23.9 Å². The molecule has 5 rings (SSSR count). The fourth-order valence-corrected chi connectivity index (χ4v) is 5.05. The molecule has 0 unspecified atom stereocenters. The van der Waals surface area contributed by atoms with E-state index in [2.05, 4.69) is 17.5 Å². The van der Waals surface area contributed by atoms with Gasteiger partial charge in [-0.25, -0.2) is 4.90 Å². The van der Waals surface area contributed by atoms with E-state index in [9.17, 15) is 14.4 Å². The molecular weight excluding hydrogens is 396 g/mol. The van der Waals surface area contributed by atoms with Crippen molar-refractivity contribution in [2.45, 2.75) is 6.42 Å². The van der Waals surface area contributed by atoms with E-state index in [4.69, 9.17) is 9.47 Å². The number of benzene rings is 2. The highest BCUT2D eigenvalue weighted by Crippen LogP contribution is 2.53. The van der Waals surface area contributed by atoms with E-state index in [-0.39, 0.29) is 41.4 Å². The van der Waals surface area contributed by atoms with Gasteiger partial charge >= 0.3 is 0 Å². The van der Waals surface area contributed by atoms with Gasteiger partial charge in [0.15, 0.2) is 0 Å². The molecular formula is C24H22N2O5. The van der Waals surface area contributed by atoms with E-state index in [0.717, 1.165) is 6.42 Å². The largest absolute Gasteiger partial charge is 0.497 e. The molecule has 3 amide bonds. The molecule has 0 aromatic heterocycles. The van der Waals surface area contributed by atoms with Gasteiger partial charge in [0, 0.05) is 11.6 Å². The molecule has 2 bridgehead atoms. The number of nitrogens with zero attached hydrogens (tertiary/aromatic N) is 1. The molecule has 1 saturated heterocycles. The van der Waals surface area contributed by atoms with Crippen LogP contribution < -0.4 is 19.7 Å². The minimum atomic E-state index is -0.380. The number of amides is 3. The number of ether oxygens (including phenoxy) is 2. The lowest BCUT2D eigenvalue weighted by molar-refractivity contribution is -0.123. The van der Waals surface area contributed by atoms with Crippen LogP contribution in [0.2, 0.25) is 0 Å². The summed E-state index contributed by atoms with van der Waals surface area (Å²) >= 11 is 0. The Hall–Kier alpha value is -3.61. The van der Waals surface area contributed by atoms with Crippen molar-refractivity contribution in [3.8, 4) is 11.5 Å². The zero-order valence-corrected chi connectivity index (χ0v) is 17.2. The summed E-state index contributed by atoms with van der Waals surface area (Å²) in [5, 5.41) is 2.81. The number of carbonyl (C=O) groups is 3. The summed E-state index contributed by atoms with van der Waals surface area (Å²) in [5.41, 5.74) is 1.22. The normalized spacial score (nSPS) is 25.7. The molecule has 31 heavy (non-hydrogen) atoms. The Balaban J connectivity index is 1.41. The Morgan fingerprint density at radius 3 is 2.32 bits per heavy atom. The number of methoxy groups -OCH3 is 2. The zero-order chi connectivity index (χ0) is 21.7. The summed E-state index contributed by atoms with van der Waals surface area (Å²) < 4.78 is 10.5. The lowest BCUT2D eigenvalue weighted by Gasteiger charge is -2.18. The second-order valence-electron chi connectivity index (χ2n) is 8.08. The molecule has 0 radical (unpaired) electrons. The van der Waals surface area contributed by atoms with E-state index < -0.39 is 0 Å². The van der Waals surface area contributed by atoms with Gasteiger partial charge in [-0.1, -0.05) is 18.2 Å². The monoisotopic (exact) mass is 418 g/mol. The first kappa shape index (κ1) is 19.4. The molecule has 1 N–H and O–H groups in total. The highest BCUT2D eigenvalue weighted by molar-refractivity contribution is 6.23. The Bertz CT molecular complexity index is 1090. The van der Waals surface area contributed by atoms with Gasteiger partial charge in [-0.05, 0) is 48.6 Å². The van der Waals surface area contributed by atoms with Crippen LogP contribution in [0.5, 0.6) is 11.5 Å². The number of hydrogen-bond donors (Lipinski definition) is 1. The number of imide groups is 1. The van der Waals surface area contributed by atoms with Crippen molar-refractivity contribution in [2.24, 2.45) is 23.7 Å². The number of anilines is 2. The highest BCUT2D eigenvalue weighted by Gasteiger charge is 2.59. The summed E-state index contributed by atoms with van der Waals surface area (Å²) in [6, 6.07) is 11.7. The van der Waals surface area contributed by atoms with E-state index >= 15 is 0 Å². The van der Waals surface area contributed by atoms with Crippen molar-refractivity contribution in [3.05, 3.63) is 60.2 Å². The van der Waals surface area contributed by atoms with Gasteiger partial charge in [0.1, 0.15) is 11.5 Å². The third kappa shape index (κ3) is 3.00. The lowest BCUT2D eigenvalue weighted by Crippen LogP contribution is -2.33. The Kier molecular flexibility index (Phi) is 4.54. The second kappa shape index (κ2) is 7.27. The van der Waals surface area contributed by atoms with Crippen LogP contribution in [-0.2, 0) is 9.59 Å². The van der Waals surface area contributed by atoms with E-state index in [1.165, 1.54) is 19.1 Å². The molecule has 7 nitrogen and oxygen atoms in total. The Labute approximate surface area is 179 Å². The number of nitrogens with one attached hydrogen (secondary N) is 1. The third-order valence-corrected chi connectivity index (χ3v) is 6.49. The number of fused-ring (bicyclic) bond motifs is 5. The fourth-order valence-electron chi connectivity index (χ4n) is 5.05. The summed E-state index contributed by atoms with van der Waals surface area (Å²) in [6.07, 6.45) is 5.00. The molecule has 7 heteroatoms. The predicted octanol–water partition coefficient (Wildman–Crippen LogP) is 3.27. The first-order valence-electron chi connectivity index (χ1n) is 10.2. The van der Waals surface area contributed by atoms with Gasteiger partial charge in [-0.2, -0.15) is 0 Å². The smallest absolute Gasteiger partial charge is 0.255 e. The highest BCUT2D eigenvalue weighted by atomic mass is 16.5. The van der Waals surface area contributed by atoms with Crippen LogP contribution in [-0.4, -0.2) is 31.9 Å². The molecule has 3 aliphatic rings. The number of allylic oxidation sites excluding steroid dienone is 2. The topological polar surface area (TPSA) is 84.9 Å². The van der Waals surface area contributed by atoms with Crippen molar-refractivity contribution >= 4 is 29.1 Å². The van der Waals surface area contributed by atoms with E-state index in [1.54, 1.807) is 42.5 Å². The van der Waals surface area contributed by atoms with Gasteiger partial charge in [0.2, 0.25) is 11.8 Å². The summed E-state index contributed by atoms with van der Waals surface area (Å²) in [5.74, 6) is 0.0834. The molecule has 0 spiro atoms. The maximum atomic E-state index is 13.1. The maximum Gasteiger partial charge on any atom is 0.255 e. The summed E-state index contributed by atoms with van der Waals surface area (Å²) in [7, 11) is 3.06. The molecule has 2 aromatic carbocycles. The van der Waals surface area contributed by atoms with Gasteiger partial charge in [0.05, 0.1) is 37.4 Å². The van der Waals surface area contributed by atoms with Crippen molar-refractivity contribution in [1.82, 2.24) is 0 Å². The summed E-state index contributed by atoms with van der Waals surface area (Å²) in [4.78, 5) is 40.3. The van der Waals surface area contributed by atoms with Crippen LogP contribution in [0.25, 0.3) is 0 Å². The van der Waals surface area contributed by atoms with E-state index in [0.29, 0.717) is 28.4 Å². The first-order valence-corrected chi connectivity index (χ1v) is 10.2. The first-order chi connectivity index (χ1) is 15.0. The molecule has 2 fully saturated rings. The standard InChI is InChI=1S/C24H22N2O5/c1-30-17-8-9-19(31-2)18(12-17)25-22(27)15-4-3-5-16(11-15)26-23(28)20-13-6-7-14(10-13)21(20)24(26)29/h3-9,11-14,20-21H,10H2,1-2H3,(H,25,27)/t13-,14+,20-,21+. The van der Waals surface area contributed by atoms with E-state index in [1.807, 2.05) is 0 Å². The van der Waals surface area contributed by atoms with Crippen LogP contribution >= 0.6 is 0 Å². The minimum absolute atomic E-state index is 0.142. The lowest BCUT2D eigenvalue weighted by atomic mass is 9.85. The molecule has 4 atom stereocenters. The third-order valence-electron chi connectivity index (χ3n) is 6.49. The quantitative estimate of drug-likeness (QED) is 0.595. The second-order valence-corrected chi connectivity index (χ2v) is 8.08. The van der Waals surface area contributed by atoms with Crippen molar-refractivity contribution in [2.75, 3.05) is 24.4 Å². The Morgan fingerprint density at radius 1 is 0.968 bits per heavy atom. The van der Waals surface area contributed by atoms with Crippen LogP contribution in [0.3, 0.4) is 0 Å². The minimum Gasteiger partial charge on any atom is -0.497 e. The van der Waals surface area contributed by atoms with Gasteiger partial charge in [-0.15, -0.1) is 0 Å². The predicted molar refractivity (Wildman–Crippen MR) is 114 cm³/mol. The average molecular weight is 418 g/mol. The van der Waals surface area contributed by atoms with Crippen molar-refractivity contribution in [1.29, 1.82) is 0 Å². The maximum absolute atomic E-state index is 13.1. The van der Waals surface area contributed by atoms with Gasteiger partial charge in [0.25, 0.3) is 5.91 Å². The fraction of sp³-hybridized carbons (Fsp3) is 0.292. The number of rotatable bonds is 5. The van der Waals surface area contributed by atoms with Crippen LogP contribution in [0, 0.1) is 23.7 Å². The van der Waals surface area contributed by atoms with Crippen molar-refractivity contribution in [3.63, 3.8) is 0 Å². The van der Waals surface area contributed by atoms with Crippen LogP contribution in [0.15, 0.2) is 54.6 Å². The van der Waals surface area contributed by atoms with Crippen LogP contribution in [0.4, 0.5) is 11.4 Å². The summed E-state index contributed by atoms with van der Waals surface area (Å²) in [6.45, 7) is 0. The number of hydrogen-bond acceptors (Lipinski definition) is 5. The Morgan fingerprint density at radius 2 is 1.68 bits per heavy atom. The molecule has 1 aliphatic heterocycles. The van der Waals surface area contributed by atoms with Gasteiger partial charge < -0.3 is 14.8 Å². The van der Waals surface area contributed by atoms with Gasteiger partial charge in [-0.3, -0.25) is 14.4 Å². The SMILES string of the molecule is COc1ccc(OC)c(NC(=O)c2cccc(N3C(=O)[C@@H]4[C@H](C3=O)[C@@H]3C=C[C@H]4C3)c2)c1.